The number of carbonyl (C=O) groups is 2. The van der Waals surface area contributed by atoms with Crippen LogP contribution in [0.1, 0.15) is 6.92 Å². The number of nitrogens with zero attached hydrogens (tertiary/aromatic N) is 2. The molecule has 1 aromatic rings. The number of amides is 1. The molecule has 2 N–H and O–H groups in total. The third-order valence-corrected chi connectivity index (χ3v) is 4.34. The molecule has 28 heavy (non-hydrogen) atoms. The molecule has 1 amide bonds. The number of methoxy groups -OCH3 is 1. The van der Waals surface area contributed by atoms with Crippen molar-refractivity contribution in [3.05, 3.63) is 29.6 Å². The van der Waals surface area contributed by atoms with Crippen molar-refractivity contribution < 1.29 is 27.5 Å². The molecule has 2 atom stereocenters. The minimum Gasteiger partial charge on any atom is -0.469 e. The highest BCUT2D eigenvalue weighted by atomic mass is 127. The highest BCUT2D eigenvalue weighted by molar-refractivity contribution is 14.0. The standard InChI is InChI=1S/C17H21F3N4O3.HI/c1-9-7-24(8-10(9)16(26)27-3)17(21-2)22-6-13(25)23-12-5-4-11(18)14(19)15(12)20;/h4-5,9-10H,6-8H2,1-3H3,(H,21,22)(H,23,25);1H. The Balaban J connectivity index is 0.00000392. The number of halogens is 4. The van der Waals surface area contributed by atoms with E-state index in [0.717, 1.165) is 12.1 Å². The predicted octanol–water partition coefficient (Wildman–Crippen LogP) is 1.98. The van der Waals surface area contributed by atoms with E-state index >= 15 is 0 Å². The molecule has 0 radical (unpaired) electrons. The fourth-order valence-electron chi connectivity index (χ4n) is 2.91. The van der Waals surface area contributed by atoms with E-state index in [9.17, 15) is 22.8 Å². The number of hydrogen-bond donors (Lipinski definition) is 2. The van der Waals surface area contributed by atoms with Gasteiger partial charge < -0.3 is 20.3 Å². The predicted molar refractivity (Wildman–Crippen MR) is 108 cm³/mol. The molecule has 2 unspecified atom stereocenters. The summed E-state index contributed by atoms with van der Waals surface area (Å²) in [7, 11) is 2.85. The van der Waals surface area contributed by atoms with E-state index in [1.54, 1.807) is 4.90 Å². The summed E-state index contributed by atoms with van der Waals surface area (Å²) in [6, 6.07) is 1.66. The number of guanidine groups is 1. The van der Waals surface area contributed by atoms with E-state index in [4.69, 9.17) is 4.74 Å². The first-order valence-electron chi connectivity index (χ1n) is 8.25. The van der Waals surface area contributed by atoms with Gasteiger partial charge >= 0.3 is 5.97 Å². The first-order chi connectivity index (χ1) is 12.8. The zero-order chi connectivity index (χ0) is 20.1. The Morgan fingerprint density at radius 1 is 1.25 bits per heavy atom. The van der Waals surface area contributed by atoms with Crippen LogP contribution in [0.4, 0.5) is 18.9 Å². The van der Waals surface area contributed by atoms with Gasteiger partial charge in [0.15, 0.2) is 23.4 Å². The molecule has 1 heterocycles. The van der Waals surface area contributed by atoms with Crippen molar-refractivity contribution in [2.45, 2.75) is 6.92 Å². The van der Waals surface area contributed by atoms with Crippen LogP contribution < -0.4 is 10.6 Å². The number of esters is 1. The summed E-state index contributed by atoms with van der Waals surface area (Å²) in [5, 5.41) is 4.96. The Morgan fingerprint density at radius 2 is 1.93 bits per heavy atom. The molecule has 1 fully saturated rings. The molecule has 0 spiro atoms. The number of anilines is 1. The number of ether oxygens (including phenoxy) is 1. The van der Waals surface area contributed by atoms with Crippen molar-refractivity contribution in [2.75, 3.05) is 39.1 Å². The second kappa shape index (κ2) is 10.5. The van der Waals surface area contributed by atoms with Crippen LogP contribution in [0.15, 0.2) is 17.1 Å². The first-order valence-corrected chi connectivity index (χ1v) is 8.25. The quantitative estimate of drug-likeness (QED) is 0.211. The summed E-state index contributed by atoms with van der Waals surface area (Å²) in [6.45, 7) is 2.55. The number of hydrogen-bond acceptors (Lipinski definition) is 4. The van der Waals surface area contributed by atoms with Crippen molar-refractivity contribution in [3.63, 3.8) is 0 Å². The molecule has 11 heteroatoms. The average Bonchev–Trinajstić information content (AvgIpc) is 3.03. The van der Waals surface area contributed by atoms with Gasteiger partial charge in [0.2, 0.25) is 5.91 Å². The molecule has 2 rings (SSSR count). The third-order valence-electron chi connectivity index (χ3n) is 4.34. The molecule has 7 nitrogen and oxygen atoms in total. The van der Waals surface area contributed by atoms with Crippen LogP contribution in [0, 0.1) is 29.3 Å². The van der Waals surface area contributed by atoms with Gasteiger partial charge in [-0.05, 0) is 18.1 Å². The molecule has 0 bridgehead atoms. The van der Waals surface area contributed by atoms with Crippen molar-refractivity contribution >= 4 is 47.5 Å². The van der Waals surface area contributed by atoms with Gasteiger partial charge in [-0.15, -0.1) is 24.0 Å². The summed E-state index contributed by atoms with van der Waals surface area (Å²) >= 11 is 0. The summed E-state index contributed by atoms with van der Waals surface area (Å²) < 4.78 is 44.5. The van der Waals surface area contributed by atoms with Crippen molar-refractivity contribution in [3.8, 4) is 0 Å². The number of rotatable bonds is 4. The fourth-order valence-corrected chi connectivity index (χ4v) is 2.91. The van der Waals surface area contributed by atoms with Gasteiger partial charge in [-0.25, -0.2) is 13.2 Å². The Kier molecular flexibility index (Phi) is 8.98. The van der Waals surface area contributed by atoms with E-state index in [-0.39, 0.29) is 48.3 Å². The minimum absolute atomic E-state index is 0. The summed E-state index contributed by atoms with van der Waals surface area (Å²) in [5.41, 5.74) is -0.462. The lowest BCUT2D eigenvalue weighted by molar-refractivity contribution is -0.146. The van der Waals surface area contributed by atoms with E-state index in [1.807, 2.05) is 6.92 Å². The maximum absolute atomic E-state index is 13.6. The van der Waals surface area contributed by atoms with E-state index in [2.05, 4.69) is 15.6 Å². The van der Waals surface area contributed by atoms with Crippen LogP contribution in [-0.4, -0.2) is 56.5 Å². The molecule has 1 aliphatic heterocycles. The summed E-state index contributed by atoms with van der Waals surface area (Å²) in [6.07, 6.45) is 0. The van der Waals surface area contributed by atoms with Gasteiger partial charge in [-0.2, -0.15) is 0 Å². The number of carbonyl (C=O) groups excluding carboxylic acids is 2. The van der Waals surface area contributed by atoms with Crippen LogP contribution in [-0.2, 0) is 14.3 Å². The SMILES string of the molecule is CN=C(NCC(=O)Nc1ccc(F)c(F)c1F)N1CC(C)C(C(=O)OC)C1.I. The monoisotopic (exact) mass is 514 g/mol. The normalized spacial score (nSPS) is 19.1. The Labute approximate surface area is 177 Å². The van der Waals surface area contributed by atoms with Gasteiger partial charge in [0.25, 0.3) is 0 Å². The van der Waals surface area contributed by atoms with E-state index in [0.29, 0.717) is 19.0 Å². The second-order valence-electron chi connectivity index (χ2n) is 6.18. The molecular weight excluding hydrogens is 492 g/mol. The highest BCUT2D eigenvalue weighted by Gasteiger charge is 2.36. The zero-order valence-electron chi connectivity index (χ0n) is 15.6. The largest absolute Gasteiger partial charge is 0.469 e. The Bertz CT molecular complexity index is 763. The molecule has 1 aliphatic rings. The smallest absolute Gasteiger partial charge is 0.310 e. The van der Waals surface area contributed by atoms with Gasteiger partial charge in [-0.1, -0.05) is 6.92 Å². The number of benzene rings is 1. The molecule has 0 aliphatic carbocycles. The van der Waals surface area contributed by atoms with E-state index < -0.39 is 29.0 Å². The van der Waals surface area contributed by atoms with Gasteiger partial charge in [0.05, 0.1) is 25.3 Å². The number of aliphatic imine (C=N–C) groups is 1. The molecule has 156 valence electrons. The number of nitrogens with one attached hydrogen (secondary N) is 2. The van der Waals surface area contributed by atoms with Gasteiger partial charge in [0.1, 0.15) is 0 Å². The lowest BCUT2D eigenvalue weighted by Gasteiger charge is -2.21. The Morgan fingerprint density at radius 3 is 2.54 bits per heavy atom. The summed E-state index contributed by atoms with van der Waals surface area (Å²) in [5.74, 6) is -5.33. The maximum atomic E-state index is 13.6. The first kappa shape index (κ1) is 24.0. The van der Waals surface area contributed by atoms with Crippen molar-refractivity contribution in [1.29, 1.82) is 0 Å². The molecule has 1 aromatic carbocycles. The second-order valence-corrected chi connectivity index (χ2v) is 6.18. The zero-order valence-corrected chi connectivity index (χ0v) is 17.9. The third kappa shape index (κ3) is 5.49. The van der Waals surface area contributed by atoms with Gasteiger partial charge in [-0.3, -0.25) is 14.6 Å². The van der Waals surface area contributed by atoms with Crippen molar-refractivity contribution in [2.24, 2.45) is 16.8 Å². The Hall–Kier alpha value is -2.05. The van der Waals surface area contributed by atoms with Crippen LogP contribution in [0.5, 0.6) is 0 Å². The summed E-state index contributed by atoms with van der Waals surface area (Å²) in [4.78, 5) is 29.6. The fraction of sp³-hybridized carbons (Fsp3) is 0.471. The van der Waals surface area contributed by atoms with Gasteiger partial charge in [0, 0.05) is 20.1 Å². The van der Waals surface area contributed by atoms with Crippen molar-refractivity contribution in [1.82, 2.24) is 10.2 Å². The topological polar surface area (TPSA) is 83.0 Å². The highest BCUT2D eigenvalue weighted by Crippen LogP contribution is 2.24. The lowest BCUT2D eigenvalue weighted by Crippen LogP contribution is -2.43. The van der Waals surface area contributed by atoms with Crippen LogP contribution in [0.2, 0.25) is 0 Å². The van der Waals surface area contributed by atoms with Crippen LogP contribution in [0.3, 0.4) is 0 Å². The lowest BCUT2D eigenvalue weighted by atomic mass is 9.99. The van der Waals surface area contributed by atoms with E-state index in [1.165, 1.54) is 14.2 Å². The number of likely N-dealkylation sites (tertiary alicyclic amines) is 1. The molecule has 0 aromatic heterocycles. The van der Waals surface area contributed by atoms with Crippen LogP contribution in [0.25, 0.3) is 0 Å². The molecule has 1 saturated heterocycles. The molecular formula is C17H22F3IN4O3. The maximum Gasteiger partial charge on any atom is 0.310 e. The molecule has 0 saturated carbocycles. The minimum atomic E-state index is -1.66. The van der Waals surface area contributed by atoms with Crippen LogP contribution >= 0.6 is 24.0 Å². The average molecular weight is 514 g/mol.